The van der Waals surface area contributed by atoms with Crippen LogP contribution in [0.1, 0.15) is 24.1 Å². The first kappa shape index (κ1) is 13.4. The number of nitrogens with one attached hydrogen (secondary N) is 1. The van der Waals surface area contributed by atoms with Crippen molar-refractivity contribution < 1.29 is 0 Å². The van der Waals surface area contributed by atoms with Gasteiger partial charge in [-0.3, -0.25) is 4.98 Å². The Kier molecular flexibility index (Phi) is 3.48. The summed E-state index contributed by atoms with van der Waals surface area (Å²) in [6.45, 7) is 4.25. The molecule has 0 radical (unpaired) electrons. The van der Waals surface area contributed by atoms with Crippen LogP contribution >= 0.6 is 0 Å². The van der Waals surface area contributed by atoms with Crippen molar-refractivity contribution in [3.05, 3.63) is 66.0 Å². The minimum absolute atomic E-state index is 0.220. The second kappa shape index (κ2) is 5.44. The Hall–Kier alpha value is -2.55. The molecule has 3 rings (SSSR count). The van der Waals surface area contributed by atoms with Crippen LogP contribution in [-0.2, 0) is 0 Å². The van der Waals surface area contributed by atoms with E-state index >= 15 is 0 Å². The summed E-state index contributed by atoms with van der Waals surface area (Å²) in [5.74, 6) is 0. The van der Waals surface area contributed by atoms with Crippen molar-refractivity contribution in [2.45, 2.75) is 19.9 Å². The summed E-state index contributed by atoms with van der Waals surface area (Å²) in [5, 5.41) is 5.64. The first-order chi connectivity index (χ1) is 10.1. The maximum Gasteiger partial charge on any atom is 0.0485 e. The third-order valence-corrected chi connectivity index (χ3v) is 3.80. The largest absolute Gasteiger partial charge is 0.398 e. The summed E-state index contributed by atoms with van der Waals surface area (Å²) >= 11 is 0. The molecule has 1 heterocycles. The second-order valence-corrected chi connectivity index (χ2v) is 5.40. The van der Waals surface area contributed by atoms with E-state index in [2.05, 4.69) is 48.4 Å². The van der Waals surface area contributed by atoms with E-state index in [1.165, 1.54) is 11.1 Å². The van der Waals surface area contributed by atoms with Crippen molar-refractivity contribution in [1.82, 2.24) is 4.98 Å². The molecule has 0 spiro atoms. The fraction of sp³-hybridized carbons (Fsp3) is 0.167. The quantitative estimate of drug-likeness (QED) is 0.702. The zero-order valence-electron chi connectivity index (χ0n) is 12.3. The summed E-state index contributed by atoms with van der Waals surface area (Å²) in [6, 6.07) is 14.7. The van der Waals surface area contributed by atoms with Crippen LogP contribution in [0.4, 0.5) is 11.4 Å². The molecule has 0 aliphatic carbocycles. The van der Waals surface area contributed by atoms with Crippen LogP contribution in [0.2, 0.25) is 0 Å². The van der Waals surface area contributed by atoms with E-state index < -0.39 is 0 Å². The lowest BCUT2D eigenvalue weighted by Crippen LogP contribution is -2.07. The standard InChI is InChI=1S/C18H19N3/c1-12-3-5-14(6-4-12)13(2)21-18-8-7-17(19)15-9-10-20-11-16(15)18/h3-11,13,21H,19H2,1-2H3. The molecule has 1 aromatic heterocycles. The molecule has 21 heavy (non-hydrogen) atoms. The zero-order valence-corrected chi connectivity index (χ0v) is 12.3. The molecule has 0 saturated carbocycles. The number of rotatable bonds is 3. The van der Waals surface area contributed by atoms with E-state index in [0.717, 1.165) is 22.1 Å². The number of pyridine rings is 1. The molecule has 0 amide bonds. The number of hydrogen-bond donors (Lipinski definition) is 2. The Balaban J connectivity index is 1.95. The molecule has 1 unspecified atom stereocenters. The number of aryl methyl sites for hydroxylation is 1. The van der Waals surface area contributed by atoms with E-state index in [1.807, 2.05) is 24.4 Å². The van der Waals surface area contributed by atoms with E-state index in [0.29, 0.717) is 0 Å². The molecule has 0 fully saturated rings. The highest BCUT2D eigenvalue weighted by Crippen LogP contribution is 2.30. The van der Waals surface area contributed by atoms with Crippen molar-refractivity contribution in [2.75, 3.05) is 11.1 Å². The van der Waals surface area contributed by atoms with Gasteiger partial charge in [0.2, 0.25) is 0 Å². The van der Waals surface area contributed by atoms with Crippen LogP contribution in [0.15, 0.2) is 54.9 Å². The molecular formula is C18H19N3. The third kappa shape index (κ3) is 2.68. The van der Waals surface area contributed by atoms with Gasteiger partial charge in [-0.1, -0.05) is 29.8 Å². The molecule has 2 aromatic carbocycles. The molecule has 0 saturated heterocycles. The summed E-state index contributed by atoms with van der Waals surface area (Å²) in [5.41, 5.74) is 10.4. The van der Waals surface area contributed by atoms with Crippen molar-refractivity contribution in [1.29, 1.82) is 0 Å². The molecule has 0 aliphatic heterocycles. The molecule has 1 atom stereocenters. The average molecular weight is 277 g/mol. The minimum Gasteiger partial charge on any atom is -0.398 e. The van der Waals surface area contributed by atoms with Gasteiger partial charge in [-0.2, -0.15) is 0 Å². The molecule has 3 heteroatoms. The highest BCUT2D eigenvalue weighted by Gasteiger charge is 2.09. The lowest BCUT2D eigenvalue weighted by Gasteiger charge is -2.18. The lowest BCUT2D eigenvalue weighted by atomic mass is 10.0. The normalized spacial score (nSPS) is 12.3. The fourth-order valence-electron chi connectivity index (χ4n) is 2.51. The summed E-state index contributed by atoms with van der Waals surface area (Å²) in [6.07, 6.45) is 3.63. The first-order valence-electron chi connectivity index (χ1n) is 7.10. The number of hydrogen-bond acceptors (Lipinski definition) is 3. The Morgan fingerprint density at radius 2 is 1.76 bits per heavy atom. The third-order valence-electron chi connectivity index (χ3n) is 3.80. The summed E-state index contributed by atoms with van der Waals surface area (Å²) in [4.78, 5) is 4.21. The maximum absolute atomic E-state index is 6.03. The zero-order chi connectivity index (χ0) is 14.8. The van der Waals surface area contributed by atoms with Gasteiger partial charge in [0.15, 0.2) is 0 Å². The average Bonchev–Trinajstić information content (AvgIpc) is 2.51. The molecular weight excluding hydrogens is 258 g/mol. The van der Waals surface area contributed by atoms with Crippen molar-refractivity contribution in [3.63, 3.8) is 0 Å². The van der Waals surface area contributed by atoms with E-state index in [4.69, 9.17) is 5.73 Å². The van der Waals surface area contributed by atoms with Crippen LogP contribution < -0.4 is 11.1 Å². The summed E-state index contributed by atoms with van der Waals surface area (Å²) < 4.78 is 0. The van der Waals surface area contributed by atoms with Crippen molar-refractivity contribution in [2.24, 2.45) is 0 Å². The second-order valence-electron chi connectivity index (χ2n) is 5.40. The molecule has 0 bridgehead atoms. The Morgan fingerprint density at radius 1 is 1.00 bits per heavy atom. The number of nitrogens with two attached hydrogens (primary N) is 1. The Labute approximate surface area is 124 Å². The number of nitrogens with zero attached hydrogens (tertiary/aromatic N) is 1. The fourth-order valence-corrected chi connectivity index (χ4v) is 2.51. The maximum atomic E-state index is 6.03. The van der Waals surface area contributed by atoms with Gasteiger partial charge in [0.05, 0.1) is 0 Å². The van der Waals surface area contributed by atoms with Crippen LogP contribution in [0, 0.1) is 6.92 Å². The van der Waals surface area contributed by atoms with Gasteiger partial charge in [-0.15, -0.1) is 0 Å². The van der Waals surface area contributed by atoms with Crippen molar-refractivity contribution in [3.8, 4) is 0 Å². The van der Waals surface area contributed by atoms with Gasteiger partial charge in [0.1, 0.15) is 0 Å². The Bertz CT molecular complexity index is 763. The number of anilines is 2. The van der Waals surface area contributed by atoms with Crippen LogP contribution in [-0.4, -0.2) is 4.98 Å². The van der Waals surface area contributed by atoms with Crippen LogP contribution in [0.3, 0.4) is 0 Å². The number of benzene rings is 2. The van der Waals surface area contributed by atoms with Gasteiger partial charge in [-0.05, 0) is 37.6 Å². The number of fused-ring (bicyclic) bond motifs is 1. The highest BCUT2D eigenvalue weighted by molar-refractivity contribution is 6.00. The van der Waals surface area contributed by atoms with Gasteiger partial charge >= 0.3 is 0 Å². The van der Waals surface area contributed by atoms with E-state index in [-0.39, 0.29) is 6.04 Å². The highest BCUT2D eigenvalue weighted by atomic mass is 14.9. The minimum atomic E-state index is 0.220. The lowest BCUT2D eigenvalue weighted by molar-refractivity contribution is 0.886. The predicted molar refractivity (Wildman–Crippen MR) is 89.4 cm³/mol. The molecule has 3 aromatic rings. The predicted octanol–water partition coefficient (Wildman–Crippen LogP) is 4.30. The van der Waals surface area contributed by atoms with Gasteiger partial charge in [-0.25, -0.2) is 0 Å². The van der Waals surface area contributed by atoms with E-state index in [1.54, 1.807) is 6.20 Å². The van der Waals surface area contributed by atoms with Crippen LogP contribution in [0.5, 0.6) is 0 Å². The number of aromatic nitrogens is 1. The molecule has 106 valence electrons. The molecule has 3 nitrogen and oxygen atoms in total. The van der Waals surface area contributed by atoms with Gasteiger partial charge in [0.25, 0.3) is 0 Å². The SMILES string of the molecule is Cc1ccc(C(C)Nc2ccc(N)c3ccncc23)cc1. The first-order valence-corrected chi connectivity index (χ1v) is 7.10. The smallest absolute Gasteiger partial charge is 0.0485 e. The monoisotopic (exact) mass is 277 g/mol. The van der Waals surface area contributed by atoms with Gasteiger partial charge in [0, 0.05) is 40.6 Å². The molecule has 3 N–H and O–H groups in total. The summed E-state index contributed by atoms with van der Waals surface area (Å²) in [7, 11) is 0. The van der Waals surface area contributed by atoms with E-state index in [9.17, 15) is 0 Å². The topological polar surface area (TPSA) is 50.9 Å². The van der Waals surface area contributed by atoms with Gasteiger partial charge < -0.3 is 11.1 Å². The van der Waals surface area contributed by atoms with Crippen LogP contribution in [0.25, 0.3) is 10.8 Å². The number of nitrogen functional groups attached to an aromatic ring is 1. The van der Waals surface area contributed by atoms with Crippen molar-refractivity contribution >= 4 is 22.1 Å². The Morgan fingerprint density at radius 3 is 2.52 bits per heavy atom. The molecule has 0 aliphatic rings.